The quantitative estimate of drug-likeness (QED) is 0.781. The van der Waals surface area contributed by atoms with Gasteiger partial charge in [0.25, 0.3) is 0 Å². The summed E-state index contributed by atoms with van der Waals surface area (Å²) in [7, 11) is 0. The fraction of sp³-hybridized carbons (Fsp3) is 0.636. The van der Waals surface area contributed by atoms with Gasteiger partial charge in [0.15, 0.2) is 0 Å². The van der Waals surface area contributed by atoms with Crippen LogP contribution in [0.1, 0.15) is 64.0 Å². The van der Waals surface area contributed by atoms with Crippen molar-refractivity contribution >= 4 is 17.5 Å². The van der Waals surface area contributed by atoms with Gasteiger partial charge >= 0.3 is 0 Å². The van der Waals surface area contributed by atoms with Crippen molar-refractivity contribution in [3.8, 4) is 0 Å². The molecule has 1 aliphatic rings. The molecule has 2 atom stereocenters. The molecule has 0 radical (unpaired) electrons. The van der Waals surface area contributed by atoms with Crippen LogP contribution < -0.4 is 10.6 Å². The molecule has 0 aromatic heterocycles. The van der Waals surface area contributed by atoms with Crippen LogP contribution in [0.2, 0.25) is 0 Å². The highest BCUT2D eigenvalue weighted by Crippen LogP contribution is 2.28. The molecule has 144 valence electrons. The summed E-state index contributed by atoms with van der Waals surface area (Å²) in [5.41, 5.74) is 3.02. The second kappa shape index (κ2) is 9.20. The van der Waals surface area contributed by atoms with Gasteiger partial charge in [-0.15, -0.1) is 0 Å². The van der Waals surface area contributed by atoms with Gasteiger partial charge in [-0.2, -0.15) is 0 Å². The fourth-order valence-electron chi connectivity index (χ4n) is 3.76. The fourth-order valence-corrected chi connectivity index (χ4v) is 3.76. The van der Waals surface area contributed by atoms with E-state index in [1.165, 1.54) is 0 Å². The first-order chi connectivity index (χ1) is 12.3. The number of hydrogen-bond donors (Lipinski definition) is 2. The molecule has 4 nitrogen and oxygen atoms in total. The molecular formula is C22H34N2O2. The first-order valence-corrected chi connectivity index (χ1v) is 9.99. The summed E-state index contributed by atoms with van der Waals surface area (Å²) >= 11 is 0. The number of anilines is 1. The van der Waals surface area contributed by atoms with Crippen LogP contribution in [0.25, 0.3) is 0 Å². The molecule has 0 aliphatic heterocycles. The van der Waals surface area contributed by atoms with E-state index >= 15 is 0 Å². The van der Waals surface area contributed by atoms with Crippen LogP contribution in [0.5, 0.6) is 0 Å². The Bertz CT molecular complexity index is 613. The van der Waals surface area contributed by atoms with E-state index in [0.29, 0.717) is 5.92 Å². The third-order valence-electron chi connectivity index (χ3n) is 5.67. The number of aryl methyl sites for hydroxylation is 2. The van der Waals surface area contributed by atoms with Crippen LogP contribution >= 0.6 is 0 Å². The summed E-state index contributed by atoms with van der Waals surface area (Å²) in [6, 6.07) is 5.51. The minimum atomic E-state index is -0.493. The highest BCUT2D eigenvalue weighted by molar-refractivity contribution is 5.97. The summed E-state index contributed by atoms with van der Waals surface area (Å²) in [5.74, 6) is 0.760. The molecule has 26 heavy (non-hydrogen) atoms. The van der Waals surface area contributed by atoms with Gasteiger partial charge < -0.3 is 10.6 Å². The lowest BCUT2D eigenvalue weighted by Gasteiger charge is -2.29. The van der Waals surface area contributed by atoms with E-state index in [1.807, 2.05) is 32.9 Å². The maximum absolute atomic E-state index is 12.9. The van der Waals surface area contributed by atoms with Crippen LogP contribution in [0.15, 0.2) is 18.2 Å². The third-order valence-corrected chi connectivity index (χ3v) is 5.67. The number of benzene rings is 1. The van der Waals surface area contributed by atoms with Crippen molar-refractivity contribution in [3.05, 3.63) is 29.3 Å². The van der Waals surface area contributed by atoms with Gasteiger partial charge in [-0.25, -0.2) is 0 Å². The average molecular weight is 359 g/mol. The zero-order chi connectivity index (χ0) is 19.3. The van der Waals surface area contributed by atoms with Crippen molar-refractivity contribution in [2.75, 3.05) is 5.32 Å². The first kappa shape index (κ1) is 20.5. The highest BCUT2D eigenvalue weighted by Gasteiger charge is 2.30. The van der Waals surface area contributed by atoms with Gasteiger partial charge in [-0.3, -0.25) is 9.59 Å². The third kappa shape index (κ3) is 5.58. The molecule has 1 fully saturated rings. The zero-order valence-electron chi connectivity index (χ0n) is 16.9. The molecule has 1 aromatic carbocycles. The normalized spacial score (nSPS) is 22.3. The molecule has 0 saturated heterocycles. The lowest BCUT2D eigenvalue weighted by atomic mass is 9.82. The van der Waals surface area contributed by atoms with Crippen LogP contribution in [0, 0.1) is 31.6 Å². The number of carbonyl (C=O) groups excluding carboxylic acids is 2. The van der Waals surface area contributed by atoms with E-state index < -0.39 is 6.04 Å². The molecule has 0 unspecified atom stereocenters. The van der Waals surface area contributed by atoms with Crippen LogP contribution in [-0.4, -0.2) is 17.9 Å². The van der Waals surface area contributed by atoms with Crippen molar-refractivity contribution in [2.24, 2.45) is 17.8 Å². The van der Waals surface area contributed by atoms with Gasteiger partial charge in [0.05, 0.1) is 0 Å². The first-order valence-electron chi connectivity index (χ1n) is 9.99. The molecule has 4 heteroatoms. The number of carbonyl (C=O) groups is 2. The molecule has 1 saturated carbocycles. The number of nitrogens with one attached hydrogen (secondary N) is 2. The van der Waals surface area contributed by atoms with Crippen molar-refractivity contribution in [1.82, 2.24) is 5.32 Å². The Labute approximate surface area is 158 Å². The summed E-state index contributed by atoms with van der Waals surface area (Å²) in [5, 5.41) is 6.05. The van der Waals surface area contributed by atoms with Crippen LogP contribution in [-0.2, 0) is 9.59 Å². The number of rotatable bonds is 6. The largest absolute Gasteiger partial charge is 0.344 e. The standard InChI is InChI=1S/C22H34N2O2/c1-6-17(5)20(24-21(25)18-9-7-14(2)8-10-18)22(26)23-19-12-15(3)11-16(4)13-19/h11-14,17-18,20H,6-10H2,1-5H3,(H,23,26)(H,24,25)/t14?,17-,18?,20-/m0/s1. The minimum absolute atomic E-state index is 0.0396. The Hall–Kier alpha value is -1.84. The van der Waals surface area contributed by atoms with Crippen LogP contribution in [0.4, 0.5) is 5.69 Å². The zero-order valence-corrected chi connectivity index (χ0v) is 16.9. The minimum Gasteiger partial charge on any atom is -0.344 e. The molecule has 2 rings (SSSR count). The van der Waals surface area contributed by atoms with E-state index in [1.54, 1.807) is 0 Å². The topological polar surface area (TPSA) is 58.2 Å². The Balaban J connectivity index is 2.05. The summed E-state index contributed by atoms with van der Waals surface area (Å²) in [6.45, 7) is 10.3. The van der Waals surface area contributed by atoms with Crippen molar-refractivity contribution in [3.63, 3.8) is 0 Å². The van der Waals surface area contributed by atoms with Crippen LogP contribution in [0.3, 0.4) is 0 Å². The van der Waals surface area contributed by atoms with Gasteiger partial charge in [0, 0.05) is 11.6 Å². The molecule has 0 spiro atoms. The average Bonchev–Trinajstić information content (AvgIpc) is 2.58. The van der Waals surface area contributed by atoms with Gasteiger partial charge in [0.2, 0.25) is 11.8 Å². The van der Waals surface area contributed by atoms with Gasteiger partial charge in [0.1, 0.15) is 6.04 Å². The Morgan fingerprint density at radius 2 is 1.65 bits per heavy atom. The van der Waals surface area contributed by atoms with E-state index in [0.717, 1.165) is 48.9 Å². The molecule has 2 N–H and O–H groups in total. The lowest BCUT2D eigenvalue weighted by Crippen LogP contribution is -2.49. The van der Waals surface area contributed by atoms with E-state index in [2.05, 4.69) is 30.5 Å². The summed E-state index contributed by atoms with van der Waals surface area (Å²) in [6.07, 6.45) is 4.90. The summed E-state index contributed by atoms with van der Waals surface area (Å²) in [4.78, 5) is 25.6. The van der Waals surface area contributed by atoms with Crippen molar-refractivity contribution < 1.29 is 9.59 Å². The maximum Gasteiger partial charge on any atom is 0.247 e. The monoisotopic (exact) mass is 358 g/mol. The highest BCUT2D eigenvalue weighted by atomic mass is 16.2. The van der Waals surface area contributed by atoms with Gasteiger partial charge in [-0.1, -0.05) is 33.3 Å². The van der Waals surface area contributed by atoms with Gasteiger partial charge in [-0.05, 0) is 74.6 Å². The number of hydrogen-bond acceptors (Lipinski definition) is 2. The Morgan fingerprint density at radius 1 is 1.08 bits per heavy atom. The molecular weight excluding hydrogens is 324 g/mol. The molecule has 1 aromatic rings. The SMILES string of the molecule is CC[C@H](C)[C@H](NC(=O)C1CCC(C)CC1)C(=O)Nc1cc(C)cc(C)c1. The predicted molar refractivity (Wildman–Crippen MR) is 107 cm³/mol. The smallest absolute Gasteiger partial charge is 0.247 e. The Morgan fingerprint density at radius 3 is 2.19 bits per heavy atom. The van der Waals surface area contributed by atoms with E-state index in [4.69, 9.17) is 0 Å². The second-order valence-electron chi connectivity index (χ2n) is 8.19. The molecule has 2 amide bonds. The molecule has 1 aliphatic carbocycles. The van der Waals surface area contributed by atoms with Crippen molar-refractivity contribution in [1.29, 1.82) is 0 Å². The maximum atomic E-state index is 12.9. The lowest BCUT2D eigenvalue weighted by molar-refractivity contribution is -0.131. The van der Waals surface area contributed by atoms with E-state index in [9.17, 15) is 9.59 Å². The van der Waals surface area contributed by atoms with E-state index in [-0.39, 0.29) is 23.7 Å². The predicted octanol–water partition coefficient (Wildman–Crippen LogP) is 4.60. The Kier molecular flexibility index (Phi) is 7.24. The second-order valence-corrected chi connectivity index (χ2v) is 8.19. The van der Waals surface area contributed by atoms with Crippen molar-refractivity contribution in [2.45, 2.75) is 72.8 Å². The summed E-state index contributed by atoms with van der Waals surface area (Å²) < 4.78 is 0. The molecule has 0 heterocycles. The number of amides is 2. The molecule has 0 bridgehead atoms.